The van der Waals surface area contributed by atoms with E-state index in [1.165, 1.54) is 5.56 Å². The van der Waals surface area contributed by atoms with Crippen LogP contribution in [0.25, 0.3) is 0 Å². The van der Waals surface area contributed by atoms with Crippen LogP contribution in [0.2, 0.25) is 0 Å². The summed E-state index contributed by atoms with van der Waals surface area (Å²) in [6.07, 6.45) is 3.71. The molecule has 13 heavy (non-hydrogen) atoms. The van der Waals surface area contributed by atoms with E-state index in [1.807, 2.05) is 12.3 Å². The van der Waals surface area contributed by atoms with E-state index < -0.39 is 0 Å². The van der Waals surface area contributed by atoms with Gasteiger partial charge in [0.05, 0.1) is 5.25 Å². The number of aromatic nitrogens is 1. The number of hydrogen-bond donors (Lipinski definition) is 1. The van der Waals surface area contributed by atoms with E-state index in [0.717, 1.165) is 11.7 Å². The van der Waals surface area contributed by atoms with Gasteiger partial charge in [-0.25, -0.2) is 0 Å². The summed E-state index contributed by atoms with van der Waals surface area (Å²) >= 11 is 1.76. The molecule has 1 aliphatic rings. The van der Waals surface area contributed by atoms with E-state index in [-0.39, 0.29) is 0 Å². The minimum Gasteiger partial charge on any atom is -0.363 e. The molecule has 68 valence electrons. The first-order chi connectivity index (χ1) is 6.40. The maximum absolute atomic E-state index is 4.11. The fourth-order valence-corrected chi connectivity index (χ4v) is 2.27. The Bertz CT molecular complexity index is 310. The number of rotatable bonds is 1. The van der Waals surface area contributed by atoms with Gasteiger partial charge in [-0.2, -0.15) is 0 Å². The van der Waals surface area contributed by atoms with Gasteiger partial charge in [-0.15, -0.1) is 0 Å². The van der Waals surface area contributed by atoms with E-state index in [1.54, 1.807) is 25.0 Å². The highest BCUT2D eigenvalue weighted by atomic mass is 32.2. The summed E-state index contributed by atoms with van der Waals surface area (Å²) in [5.74, 6) is 0. The van der Waals surface area contributed by atoms with Gasteiger partial charge in [-0.05, 0) is 11.6 Å². The molecule has 1 unspecified atom stereocenters. The van der Waals surface area contributed by atoms with Crippen molar-refractivity contribution in [1.29, 1.82) is 0 Å². The lowest BCUT2D eigenvalue weighted by Gasteiger charge is -2.04. The van der Waals surface area contributed by atoms with E-state index >= 15 is 0 Å². The number of thioether (sulfide) groups is 1. The van der Waals surface area contributed by atoms with Crippen molar-refractivity contribution < 1.29 is 0 Å². The molecule has 1 aromatic heterocycles. The van der Waals surface area contributed by atoms with Crippen molar-refractivity contribution in [3.8, 4) is 0 Å². The minimum atomic E-state index is 0.465. The fraction of sp³-hybridized carbons (Fsp3) is 0.333. The van der Waals surface area contributed by atoms with Crippen molar-refractivity contribution >= 4 is 16.9 Å². The summed E-state index contributed by atoms with van der Waals surface area (Å²) in [7, 11) is 1.81. The van der Waals surface area contributed by atoms with Gasteiger partial charge < -0.3 is 5.32 Å². The summed E-state index contributed by atoms with van der Waals surface area (Å²) in [6.45, 7) is 0.947. The minimum absolute atomic E-state index is 0.465. The predicted molar refractivity (Wildman–Crippen MR) is 55.9 cm³/mol. The van der Waals surface area contributed by atoms with E-state index in [4.69, 9.17) is 0 Å². The summed E-state index contributed by atoms with van der Waals surface area (Å²) in [6, 6.07) is 4.07. The first-order valence-electron chi connectivity index (χ1n) is 4.17. The first kappa shape index (κ1) is 8.56. The van der Waals surface area contributed by atoms with Crippen molar-refractivity contribution in [2.75, 3.05) is 13.6 Å². The summed E-state index contributed by atoms with van der Waals surface area (Å²) in [5.41, 5.74) is 1.26. The Hall–Kier alpha value is -1.03. The first-order valence-corrected chi connectivity index (χ1v) is 5.05. The number of nitrogens with one attached hydrogen (secondary N) is 1. The zero-order valence-electron chi connectivity index (χ0n) is 7.40. The molecule has 0 spiro atoms. The quantitative estimate of drug-likeness (QED) is 0.733. The van der Waals surface area contributed by atoms with Crippen molar-refractivity contribution in [1.82, 2.24) is 10.3 Å². The zero-order chi connectivity index (χ0) is 9.10. The molecule has 0 amide bonds. The van der Waals surface area contributed by atoms with Crippen LogP contribution in [0.15, 0.2) is 29.5 Å². The SMILES string of the molecule is CN=C1NCC(c2cccnc2)S1. The van der Waals surface area contributed by atoms with Crippen LogP contribution in [0.1, 0.15) is 10.8 Å². The molecule has 1 aliphatic heterocycles. The Kier molecular flexibility index (Phi) is 2.49. The molecule has 1 saturated heterocycles. The summed E-state index contributed by atoms with van der Waals surface area (Å²) in [4.78, 5) is 8.21. The monoisotopic (exact) mass is 193 g/mol. The number of pyridine rings is 1. The smallest absolute Gasteiger partial charge is 0.156 e. The van der Waals surface area contributed by atoms with Gasteiger partial charge in [0.15, 0.2) is 5.17 Å². The van der Waals surface area contributed by atoms with Crippen molar-refractivity contribution in [2.24, 2.45) is 4.99 Å². The van der Waals surface area contributed by atoms with Gasteiger partial charge in [-0.3, -0.25) is 9.98 Å². The lowest BCUT2D eigenvalue weighted by Crippen LogP contribution is -2.13. The van der Waals surface area contributed by atoms with Gasteiger partial charge in [0, 0.05) is 26.0 Å². The normalized spacial score (nSPS) is 24.7. The average molecular weight is 193 g/mol. The Balaban J connectivity index is 2.13. The van der Waals surface area contributed by atoms with Gasteiger partial charge in [0.1, 0.15) is 0 Å². The zero-order valence-corrected chi connectivity index (χ0v) is 8.21. The largest absolute Gasteiger partial charge is 0.363 e. The highest BCUT2D eigenvalue weighted by Crippen LogP contribution is 2.32. The third-order valence-corrected chi connectivity index (χ3v) is 3.23. The number of aliphatic imine (C=N–C) groups is 1. The van der Waals surface area contributed by atoms with Gasteiger partial charge in [0.25, 0.3) is 0 Å². The van der Waals surface area contributed by atoms with Crippen LogP contribution in [0, 0.1) is 0 Å². The lowest BCUT2D eigenvalue weighted by atomic mass is 10.2. The third-order valence-electron chi connectivity index (χ3n) is 1.95. The van der Waals surface area contributed by atoms with E-state index in [0.29, 0.717) is 5.25 Å². The maximum atomic E-state index is 4.11. The summed E-state index contributed by atoms with van der Waals surface area (Å²) < 4.78 is 0. The second-order valence-electron chi connectivity index (χ2n) is 2.80. The Morgan fingerprint density at radius 2 is 2.62 bits per heavy atom. The third kappa shape index (κ3) is 1.83. The van der Waals surface area contributed by atoms with Crippen LogP contribution in [0.3, 0.4) is 0 Å². The highest BCUT2D eigenvalue weighted by molar-refractivity contribution is 8.14. The van der Waals surface area contributed by atoms with Crippen LogP contribution >= 0.6 is 11.8 Å². The predicted octanol–water partition coefficient (Wildman–Crippen LogP) is 1.44. The second kappa shape index (κ2) is 3.79. The van der Waals surface area contributed by atoms with Gasteiger partial charge in [0.2, 0.25) is 0 Å². The second-order valence-corrected chi connectivity index (χ2v) is 3.99. The average Bonchev–Trinajstić information content (AvgIpc) is 2.67. The molecular weight excluding hydrogens is 182 g/mol. The topological polar surface area (TPSA) is 37.3 Å². The van der Waals surface area contributed by atoms with Crippen molar-refractivity contribution in [2.45, 2.75) is 5.25 Å². The van der Waals surface area contributed by atoms with Gasteiger partial charge >= 0.3 is 0 Å². The molecule has 1 aromatic rings. The number of hydrogen-bond acceptors (Lipinski definition) is 3. The molecule has 1 N–H and O–H groups in total. The molecule has 0 aromatic carbocycles. The van der Waals surface area contributed by atoms with Crippen LogP contribution in [-0.4, -0.2) is 23.7 Å². The molecule has 0 radical (unpaired) electrons. The number of amidine groups is 1. The maximum Gasteiger partial charge on any atom is 0.156 e. The van der Waals surface area contributed by atoms with E-state index in [9.17, 15) is 0 Å². The molecule has 0 saturated carbocycles. The molecule has 4 heteroatoms. The van der Waals surface area contributed by atoms with Crippen LogP contribution in [0.5, 0.6) is 0 Å². The Morgan fingerprint density at radius 1 is 1.69 bits per heavy atom. The molecule has 3 nitrogen and oxygen atoms in total. The van der Waals surface area contributed by atoms with Crippen molar-refractivity contribution in [3.63, 3.8) is 0 Å². The van der Waals surface area contributed by atoms with Crippen LogP contribution in [-0.2, 0) is 0 Å². The lowest BCUT2D eigenvalue weighted by molar-refractivity contribution is 0.876. The molecule has 2 rings (SSSR count). The van der Waals surface area contributed by atoms with Crippen LogP contribution < -0.4 is 5.32 Å². The van der Waals surface area contributed by atoms with Gasteiger partial charge in [-0.1, -0.05) is 17.8 Å². The molecule has 1 atom stereocenters. The fourth-order valence-electron chi connectivity index (χ4n) is 1.28. The molecule has 0 aliphatic carbocycles. The highest BCUT2D eigenvalue weighted by Gasteiger charge is 2.21. The van der Waals surface area contributed by atoms with E-state index in [2.05, 4.69) is 21.4 Å². The standard InChI is InChI=1S/C9H11N3S/c1-10-9-12-6-8(13-9)7-3-2-4-11-5-7/h2-5,8H,6H2,1H3,(H,10,12). The van der Waals surface area contributed by atoms with Crippen molar-refractivity contribution in [3.05, 3.63) is 30.1 Å². The Labute approximate surface area is 81.7 Å². The molecule has 0 bridgehead atoms. The van der Waals surface area contributed by atoms with Crippen LogP contribution in [0.4, 0.5) is 0 Å². The molecule has 2 heterocycles. The molecular formula is C9H11N3S. The Morgan fingerprint density at radius 3 is 3.23 bits per heavy atom. The molecule has 1 fully saturated rings. The summed E-state index contributed by atoms with van der Waals surface area (Å²) in [5, 5.41) is 4.73. The number of nitrogens with zero attached hydrogens (tertiary/aromatic N) is 2.